The standard InChI is InChI=1S/C24H39N3O3/c1-4-5-6-7-8-9-11-20-12-14-21(15-13-20)25-23(29)26-24(18-22(28)30-3)16-10-17-27(2)19-24/h12-15H,4-11,16-19H2,1-3H3,(H2,25,26,29). The van der Waals surface area contributed by atoms with Gasteiger partial charge in [-0.25, -0.2) is 4.79 Å². The van der Waals surface area contributed by atoms with Gasteiger partial charge in [-0.15, -0.1) is 0 Å². The number of hydrogen-bond donors (Lipinski definition) is 2. The average Bonchev–Trinajstić information content (AvgIpc) is 2.71. The summed E-state index contributed by atoms with van der Waals surface area (Å²) in [5, 5.41) is 5.97. The Hall–Kier alpha value is -2.08. The van der Waals surface area contributed by atoms with Gasteiger partial charge in [0.05, 0.1) is 19.1 Å². The Morgan fingerprint density at radius 3 is 2.47 bits per heavy atom. The van der Waals surface area contributed by atoms with Crippen molar-refractivity contribution in [2.45, 2.75) is 76.7 Å². The van der Waals surface area contributed by atoms with Gasteiger partial charge in [0.15, 0.2) is 0 Å². The lowest BCUT2D eigenvalue weighted by Gasteiger charge is -2.41. The van der Waals surface area contributed by atoms with Crippen LogP contribution in [0.2, 0.25) is 0 Å². The molecule has 0 spiro atoms. The SMILES string of the molecule is CCCCCCCCc1ccc(NC(=O)NC2(CC(=O)OC)CCCN(C)C2)cc1. The molecule has 1 heterocycles. The van der Waals surface area contributed by atoms with E-state index in [0.717, 1.165) is 31.5 Å². The van der Waals surface area contributed by atoms with E-state index in [2.05, 4.69) is 34.6 Å². The second kappa shape index (κ2) is 12.6. The first-order chi connectivity index (χ1) is 14.5. The van der Waals surface area contributed by atoms with Gasteiger partial charge >= 0.3 is 12.0 Å². The monoisotopic (exact) mass is 417 g/mol. The molecule has 2 rings (SSSR count). The highest BCUT2D eigenvalue weighted by Crippen LogP contribution is 2.25. The molecule has 0 saturated carbocycles. The lowest BCUT2D eigenvalue weighted by Crippen LogP contribution is -2.59. The number of anilines is 1. The molecule has 0 radical (unpaired) electrons. The topological polar surface area (TPSA) is 70.7 Å². The molecule has 0 aliphatic carbocycles. The summed E-state index contributed by atoms with van der Waals surface area (Å²) in [6, 6.07) is 7.79. The summed E-state index contributed by atoms with van der Waals surface area (Å²) in [6.07, 6.45) is 10.7. The highest BCUT2D eigenvalue weighted by molar-refractivity contribution is 5.90. The lowest BCUT2D eigenvalue weighted by molar-refractivity contribution is -0.142. The Kier molecular flexibility index (Phi) is 10.1. The number of hydrogen-bond acceptors (Lipinski definition) is 4. The summed E-state index contributed by atoms with van der Waals surface area (Å²) < 4.78 is 4.86. The van der Waals surface area contributed by atoms with Crippen LogP contribution in [0.4, 0.5) is 10.5 Å². The molecule has 1 atom stereocenters. The summed E-state index contributed by atoms with van der Waals surface area (Å²) in [4.78, 5) is 26.7. The van der Waals surface area contributed by atoms with Gasteiger partial charge in [-0.2, -0.15) is 0 Å². The molecule has 0 bridgehead atoms. The van der Waals surface area contributed by atoms with E-state index < -0.39 is 5.54 Å². The second-order valence-corrected chi connectivity index (χ2v) is 8.67. The predicted molar refractivity (Wildman–Crippen MR) is 122 cm³/mol. The fourth-order valence-corrected chi connectivity index (χ4v) is 4.27. The highest BCUT2D eigenvalue weighted by atomic mass is 16.5. The minimum absolute atomic E-state index is 0.179. The maximum Gasteiger partial charge on any atom is 0.319 e. The summed E-state index contributed by atoms with van der Waals surface area (Å²) in [5.74, 6) is -0.301. The summed E-state index contributed by atoms with van der Waals surface area (Å²) in [5.41, 5.74) is 1.46. The third-order valence-electron chi connectivity index (χ3n) is 5.89. The molecule has 2 amide bonds. The number of carbonyl (C=O) groups excluding carboxylic acids is 2. The molecule has 168 valence electrons. The lowest BCUT2D eigenvalue weighted by atomic mass is 9.86. The van der Waals surface area contributed by atoms with Crippen molar-refractivity contribution in [1.82, 2.24) is 10.2 Å². The minimum Gasteiger partial charge on any atom is -0.469 e. The van der Waals surface area contributed by atoms with Crippen molar-refractivity contribution >= 4 is 17.7 Å². The molecule has 1 unspecified atom stereocenters. The van der Waals surface area contributed by atoms with Crippen molar-refractivity contribution in [3.8, 4) is 0 Å². The van der Waals surface area contributed by atoms with Crippen LogP contribution in [0.3, 0.4) is 0 Å². The Morgan fingerprint density at radius 1 is 1.10 bits per heavy atom. The quantitative estimate of drug-likeness (QED) is 0.403. The number of urea groups is 1. The zero-order valence-corrected chi connectivity index (χ0v) is 19.0. The number of likely N-dealkylation sites (tertiary alicyclic amines) is 1. The maximum absolute atomic E-state index is 12.7. The van der Waals surface area contributed by atoms with E-state index in [1.54, 1.807) is 0 Å². The van der Waals surface area contributed by atoms with Crippen LogP contribution in [0.5, 0.6) is 0 Å². The van der Waals surface area contributed by atoms with E-state index in [-0.39, 0.29) is 18.4 Å². The molecule has 0 aromatic heterocycles. The molecule has 1 aliphatic rings. The molecule has 30 heavy (non-hydrogen) atoms. The second-order valence-electron chi connectivity index (χ2n) is 8.67. The maximum atomic E-state index is 12.7. The zero-order chi connectivity index (χ0) is 21.8. The van der Waals surface area contributed by atoms with E-state index >= 15 is 0 Å². The van der Waals surface area contributed by atoms with Crippen molar-refractivity contribution in [3.05, 3.63) is 29.8 Å². The number of nitrogens with one attached hydrogen (secondary N) is 2. The first-order valence-electron chi connectivity index (χ1n) is 11.4. The number of unbranched alkanes of at least 4 members (excludes halogenated alkanes) is 5. The number of amides is 2. The molecular formula is C24H39N3O3. The van der Waals surface area contributed by atoms with Crippen molar-refractivity contribution in [1.29, 1.82) is 0 Å². The van der Waals surface area contributed by atoms with Crippen LogP contribution in [-0.4, -0.2) is 49.7 Å². The van der Waals surface area contributed by atoms with Gasteiger partial charge in [0.2, 0.25) is 0 Å². The third kappa shape index (κ3) is 8.34. The van der Waals surface area contributed by atoms with Gasteiger partial charge in [0.1, 0.15) is 0 Å². The van der Waals surface area contributed by atoms with Crippen LogP contribution in [0.15, 0.2) is 24.3 Å². The molecule has 6 nitrogen and oxygen atoms in total. The van der Waals surface area contributed by atoms with Crippen molar-refractivity contribution in [2.24, 2.45) is 0 Å². The van der Waals surface area contributed by atoms with Gasteiger partial charge in [0.25, 0.3) is 0 Å². The Morgan fingerprint density at radius 2 is 1.80 bits per heavy atom. The number of carbonyl (C=O) groups is 2. The number of aryl methyl sites for hydroxylation is 1. The summed E-state index contributed by atoms with van der Waals surface area (Å²) in [7, 11) is 3.39. The Labute approximate surface area is 181 Å². The van der Waals surface area contributed by atoms with E-state index in [1.807, 2.05) is 19.2 Å². The van der Waals surface area contributed by atoms with E-state index in [1.165, 1.54) is 51.2 Å². The van der Waals surface area contributed by atoms with Crippen LogP contribution in [0.1, 0.15) is 70.3 Å². The molecule has 1 aliphatic heterocycles. The van der Waals surface area contributed by atoms with E-state index in [9.17, 15) is 9.59 Å². The van der Waals surface area contributed by atoms with Gasteiger partial charge < -0.3 is 20.3 Å². The largest absolute Gasteiger partial charge is 0.469 e. The van der Waals surface area contributed by atoms with Gasteiger partial charge in [-0.05, 0) is 57.0 Å². The van der Waals surface area contributed by atoms with Crippen molar-refractivity contribution < 1.29 is 14.3 Å². The molecular weight excluding hydrogens is 378 g/mol. The molecule has 2 N–H and O–H groups in total. The molecule has 1 aromatic rings. The van der Waals surface area contributed by atoms with Gasteiger partial charge in [-0.1, -0.05) is 51.2 Å². The predicted octanol–water partition coefficient (Wildman–Crippen LogP) is 4.74. The first kappa shape index (κ1) is 24.2. The number of ether oxygens (including phenoxy) is 1. The van der Waals surface area contributed by atoms with Crippen LogP contribution in [0, 0.1) is 0 Å². The summed E-state index contributed by atoms with van der Waals surface area (Å²) >= 11 is 0. The molecule has 1 fully saturated rings. The van der Waals surface area contributed by atoms with Gasteiger partial charge in [0, 0.05) is 12.2 Å². The molecule has 1 aromatic carbocycles. The number of nitrogens with zero attached hydrogens (tertiary/aromatic N) is 1. The number of likely N-dealkylation sites (N-methyl/N-ethyl adjacent to an activating group) is 1. The number of esters is 1. The average molecular weight is 418 g/mol. The minimum atomic E-state index is -0.595. The Balaban J connectivity index is 1.84. The number of methoxy groups -OCH3 is 1. The summed E-state index contributed by atoms with van der Waals surface area (Å²) in [6.45, 7) is 3.83. The molecule has 1 saturated heterocycles. The smallest absolute Gasteiger partial charge is 0.319 e. The normalized spacial score (nSPS) is 19.3. The Bertz CT molecular complexity index is 662. The zero-order valence-electron chi connectivity index (χ0n) is 19.0. The highest BCUT2D eigenvalue weighted by Gasteiger charge is 2.38. The van der Waals surface area contributed by atoms with Crippen molar-refractivity contribution in [3.63, 3.8) is 0 Å². The first-order valence-corrected chi connectivity index (χ1v) is 11.4. The number of benzene rings is 1. The number of rotatable bonds is 11. The van der Waals surface area contributed by atoms with E-state index in [4.69, 9.17) is 4.74 Å². The van der Waals surface area contributed by atoms with E-state index in [0.29, 0.717) is 6.54 Å². The number of piperidine rings is 1. The van der Waals surface area contributed by atoms with Gasteiger partial charge in [-0.3, -0.25) is 4.79 Å². The van der Waals surface area contributed by atoms with Crippen LogP contribution >= 0.6 is 0 Å². The van der Waals surface area contributed by atoms with Crippen LogP contribution < -0.4 is 10.6 Å². The van der Waals surface area contributed by atoms with Crippen molar-refractivity contribution in [2.75, 3.05) is 32.6 Å². The molecule has 6 heteroatoms. The third-order valence-corrected chi connectivity index (χ3v) is 5.89. The van der Waals surface area contributed by atoms with Crippen LogP contribution in [-0.2, 0) is 16.0 Å². The van der Waals surface area contributed by atoms with Crippen LogP contribution in [0.25, 0.3) is 0 Å². The fraction of sp³-hybridized carbons (Fsp3) is 0.667. The fourth-order valence-electron chi connectivity index (χ4n) is 4.27.